The summed E-state index contributed by atoms with van der Waals surface area (Å²) in [5, 5.41) is 11.4. The number of halogens is 3. The number of benzene rings is 2. The second-order valence-electron chi connectivity index (χ2n) is 7.64. The molecule has 0 atom stereocenters. The van der Waals surface area contributed by atoms with Gasteiger partial charge in [0.05, 0.1) is 29.3 Å². The number of aryl methyl sites for hydroxylation is 1. The highest BCUT2D eigenvalue weighted by Crippen LogP contribution is 2.30. The fourth-order valence-electron chi connectivity index (χ4n) is 3.59. The van der Waals surface area contributed by atoms with Crippen LogP contribution >= 0.6 is 0 Å². The first kappa shape index (κ1) is 21.4. The molecule has 0 saturated heterocycles. The van der Waals surface area contributed by atoms with Gasteiger partial charge in [0.2, 0.25) is 0 Å². The van der Waals surface area contributed by atoms with Gasteiger partial charge in [-0.15, -0.1) is 0 Å². The van der Waals surface area contributed by atoms with E-state index in [9.17, 15) is 18.0 Å². The summed E-state index contributed by atoms with van der Waals surface area (Å²) in [4.78, 5) is 16.9. The molecular formula is C24H17F3N6O. The Balaban J connectivity index is 1.42. The maximum absolute atomic E-state index is 13.0. The van der Waals surface area contributed by atoms with Gasteiger partial charge in [-0.3, -0.25) is 4.79 Å². The molecule has 0 saturated carbocycles. The Labute approximate surface area is 191 Å². The largest absolute Gasteiger partial charge is 0.416 e. The molecule has 2 aromatic carbocycles. The average Bonchev–Trinajstić information content (AvgIpc) is 3.47. The van der Waals surface area contributed by atoms with E-state index >= 15 is 0 Å². The predicted octanol–water partition coefficient (Wildman–Crippen LogP) is 5.16. The number of imidazole rings is 1. The van der Waals surface area contributed by atoms with Crippen molar-refractivity contribution in [1.82, 2.24) is 24.4 Å². The lowest BCUT2D eigenvalue weighted by Crippen LogP contribution is -2.14. The molecule has 34 heavy (non-hydrogen) atoms. The molecule has 5 rings (SSSR count). The van der Waals surface area contributed by atoms with E-state index in [1.807, 2.05) is 19.2 Å². The fourth-order valence-corrected chi connectivity index (χ4v) is 3.59. The van der Waals surface area contributed by atoms with Crippen molar-refractivity contribution in [3.8, 4) is 16.9 Å². The van der Waals surface area contributed by atoms with E-state index in [1.54, 1.807) is 52.1 Å². The number of carbonyl (C=O) groups is 1. The molecule has 1 amide bonds. The van der Waals surface area contributed by atoms with Crippen LogP contribution in [-0.2, 0) is 6.18 Å². The Hall–Kier alpha value is -4.47. The maximum Gasteiger partial charge on any atom is 0.416 e. The van der Waals surface area contributed by atoms with Crippen molar-refractivity contribution >= 4 is 17.2 Å². The van der Waals surface area contributed by atoms with Crippen LogP contribution < -0.4 is 5.32 Å². The summed E-state index contributed by atoms with van der Waals surface area (Å²) in [6.45, 7) is 1.89. The number of amides is 1. The zero-order chi connectivity index (χ0) is 23.9. The highest BCUT2D eigenvalue weighted by molar-refractivity contribution is 6.04. The van der Waals surface area contributed by atoms with E-state index in [0.29, 0.717) is 17.0 Å². The standard InChI is InChI=1S/C24H17F3N6O/c1-15-7-8-19(31-23(34)16-4-2-5-18(10-16)24(25,26)27)11-20(15)32-14-17(12-30-32)21-13-28-22-6-3-9-29-33(21)22/h2-14H,1H3,(H,31,34). The lowest BCUT2D eigenvalue weighted by Gasteiger charge is -2.12. The Kier molecular flexibility index (Phi) is 5.12. The molecule has 0 aliphatic heterocycles. The quantitative estimate of drug-likeness (QED) is 0.400. The van der Waals surface area contributed by atoms with Crippen LogP contribution in [0.25, 0.3) is 22.6 Å². The number of aromatic nitrogens is 5. The van der Waals surface area contributed by atoms with Gasteiger partial charge in [-0.1, -0.05) is 12.1 Å². The van der Waals surface area contributed by atoms with Crippen molar-refractivity contribution in [3.63, 3.8) is 0 Å². The Morgan fingerprint density at radius 3 is 2.68 bits per heavy atom. The minimum atomic E-state index is -4.53. The summed E-state index contributed by atoms with van der Waals surface area (Å²) in [5.74, 6) is -0.640. The number of alkyl halides is 3. The van der Waals surface area contributed by atoms with Crippen LogP contribution in [0.5, 0.6) is 0 Å². The third-order valence-corrected chi connectivity index (χ3v) is 5.32. The van der Waals surface area contributed by atoms with E-state index in [1.165, 1.54) is 12.1 Å². The number of anilines is 1. The molecule has 0 aliphatic carbocycles. The predicted molar refractivity (Wildman–Crippen MR) is 120 cm³/mol. The Morgan fingerprint density at radius 2 is 1.85 bits per heavy atom. The van der Waals surface area contributed by atoms with Crippen LogP contribution in [0.4, 0.5) is 18.9 Å². The molecular weight excluding hydrogens is 445 g/mol. The van der Waals surface area contributed by atoms with E-state index in [0.717, 1.165) is 29.0 Å². The maximum atomic E-state index is 13.0. The van der Waals surface area contributed by atoms with Crippen LogP contribution in [0.2, 0.25) is 0 Å². The van der Waals surface area contributed by atoms with Gasteiger partial charge in [-0.25, -0.2) is 14.2 Å². The molecule has 3 aromatic heterocycles. The minimum Gasteiger partial charge on any atom is -0.322 e. The molecule has 0 radical (unpaired) electrons. The van der Waals surface area contributed by atoms with Crippen LogP contribution in [-0.4, -0.2) is 30.3 Å². The summed E-state index contributed by atoms with van der Waals surface area (Å²) >= 11 is 0. The summed E-state index contributed by atoms with van der Waals surface area (Å²) < 4.78 is 42.3. The van der Waals surface area contributed by atoms with Crippen molar-refractivity contribution in [2.75, 3.05) is 5.32 Å². The van der Waals surface area contributed by atoms with Gasteiger partial charge in [0.15, 0.2) is 5.65 Å². The minimum absolute atomic E-state index is 0.0848. The van der Waals surface area contributed by atoms with Gasteiger partial charge in [0.1, 0.15) is 0 Å². The van der Waals surface area contributed by atoms with Crippen molar-refractivity contribution in [2.45, 2.75) is 13.1 Å². The normalized spacial score (nSPS) is 11.6. The van der Waals surface area contributed by atoms with Crippen molar-refractivity contribution in [3.05, 3.63) is 96.1 Å². The van der Waals surface area contributed by atoms with Gasteiger partial charge in [-0.05, 0) is 55.0 Å². The zero-order valence-corrected chi connectivity index (χ0v) is 17.8. The first-order valence-electron chi connectivity index (χ1n) is 10.2. The zero-order valence-electron chi connectivity index (χ0n) is 17.8. The van der Waals surface area contributed by atoms with Gasteiger partial charge in [0, 0.05) is 29.2 Å². The van der Waals surface area contributed by atoms with Gasteiger partial charge < -0.3 is 5.32 Å². The lowest BCUT2D eigenvalue weighted by atomic mass is 10.1. The Bertz CT molecular complexity index is 1520. The van der Waals surface area contributed by atoms with Crippen molar-refractivity contribution in [2.24, 2.45) is 0 Å². The molecule has 0 bridgehead atoms. The van der Waals surface area contributed by atoms with Crippen LogP contribution in [0.15, 0.2) is 79.4 Å². The smallest absolute Gasteiger partial charge is 0.322 e. The number of nitrogens with one attached hydrogen (secondary N) is 1. The second kappa shape index (κ2) is 8.14. The Morgan fingerprint density at radius 1 is 1.00 bits per heavy atom. The number of nitrogens with zero attached hydrogens (tertiary/aromatic N) is 5. The topological polar surface area (TPSA) is 77.1 Å². The lowest BCUT2D eigenvalue weighted by molar-refractivity contribution is -0.137. The third-order valence-electron chi connectivity index (χ3n) is 5.32. The molecule has 7 nitrogen and oxygen atoms in total. The van der Waals surface area contributed by atoms with E-state index in [-0.39, 0.29) is 5.56 Å². The SMILES string of the molecule is Cc1ccc(NC(=O)c2cccc(C(F)(F)F)c2)cc1-n1cc(-c2cnc3cccnn23)cn1. The van der Waals surface area contributed by atoms with E-state index in [4.69, 9.17) is 0 Å². The first-order chi connectivity index (χ1) is 16.3. The number of hydrogen-bond donors (Lipinski definition) is 1. The summed E-state index contributed by atoms with van der Waals surface area (Å²) in [5.41, 5.74) is 3.33. The molecule has 1 N–H and O–H groups in total. The van der Waals surface area contributed by atoms with Gasteiger partial charge in [-0.2, -0.15) is 23.4 Å². The second-order valence-corrected chi connectivity index (χ2v) is 7.64. The third kappa shape index (κ3) is 4.01. The summed E-state index contributed by atoms with van der Waals surface area (Å²) in [6, 6.07) is 13.1. The first-order valence-corrected chi connectivity index (χ1v) is 10.2. The molecule has 0 unspecified atom stereocenters. The number of carbonyl (C=O) groups excluding carboxylic acids is 1. The summed E-state index contributed by atoms with van der Waals surface area (Å²) in [7, 11) is 0. The number of hydrogen-bond acceptors (Lipinski definition) is 4. The van der Waals surface area contributed by atoms with Crippen LogP contribution in [0.3, 0.4) is 0 Å². The molecule has 170 valence electrons. The highest BCUT2D eigenvalue weighted by atomic mass is 19.4. The van der Waals surface area contributed by atoms with Gasteiger partial charge >= 0.3 is 6.18 Å². The fraction of sp³-hybridized carbons (Fsp3) is 0.0833. The van der Waals surface area contributed by atoms with Crippen LogP contribution in [0.1, 0.15) is 21.5 Å². The molecule has 0 spiro atoms. The molecule has 10 heteroatoms. The highest BCUT2D eigenvalue weighted by Gasteiger charge is 2.30. The van der Waals surface area contributed by atoms with E-state index in [2.05, 4.69) is 20.5 Å². The number of fused-ring (bicyclic) bond motifs is 1. The molecule has 5 aromatic rings. The molecule has 0 fully saturated rings. The summed E-state index contributed by atoms with van der Waals surface area (Å²) in [6.07, 6.45) is 2.36. The average molecular weight is 462 g/mol. The molecule has 3 heterocycles. The number of rotatable bonds is 4. The molecule has 0 aliphatic rings. The van der Waals surface area contributed by atoms with Crippen molar-refractivity contribution < 1.29 is 18.0 Å². The van der Waals surface area contributed by atoms with Crippen molar-refractivity contribution in [1.29, 1.82) is 0 Å². The van der Waals surface area contributed by atoms with Crippen LogP contribution in [0, 0.1) is 6.92 Å². The van der Waals surface area contributed by atoms with Gasteiger partial charge in [0.25, 0.3) is 5.91 Å². The monoisotopic (exact) mass is 462 g/mol. The van der Waals surface area contributed by atoms with E-state index < -0.39 is 17.6 Å².